The molecule has 0 spiro atoms. The van der Waals surface area contributed by atoms with Gasteiger partial charge in [-0.25, -0.2) is 0 Å². The maximum atomic E-state index is 5.48. The van der Waals surface area contributed by atoms with E-state index < -0.39 is 0 Å². The van der Waals surface area contributed by atoms with Crippen LogP contribution in [-0.4, -0.2) is 56.2 Å². The molecular formula is C17H25N3O. The summed E-state index contributed by atoms with van der Waals surface area (Å²) >= 11 is 0. The molecule has 2 N–H and O–H groups in total. The topological polar surface area (TPSA) is 41.7 Å². The van der Waals surface area contributed by atoms with Crippen LogP contribution in [0.2, 0.25) is 0 Å². The lowest BCUT2D eigenvalue weighted by Gasteiger charge is -2.37. The van der Waals surface area contributed by atoms with Crippen molar-refractivity contribution < 1.29 is 4.74 Å². The Morgan fingerprint density at radius 2 is 2.19 bits per heavy atom. The average Bonchev–Trinajstić information content (AvgIpc) is 2.49. The maximum absolute atomic E-state index is 5.48. The highest BCUT2D eigenvalue weighted by molar-refractivity contribution is 5.44. The second-order valence-corrected chi connectivity index (χ2v) is 5.60. The van der Waals surface area contributed by atoms with Crippen LogP contribution in [0.15, 0.2) is 18.2 Å². The van der Waals surface area contributed by atoms with Gasteiger partial charge < -0.3 is 15.4 Å². The summed E-state index contributed by atoms with van der Waals surface area (Å²) < 4.78 is 5.48. The van der Waals surface area contributed by atoms with Crippen molar-refractivity contribution in [3.05, 3.63) is 29.3 Å². The summed E-state index contributed by atoms with van der Waals surface area (Å²) in [4.78, 5) is 4.87. The Kier molecular flexibility index (Phi) is 5.63. The Morgan fingerprint density at radius 1 is 1.38 bits per heavy atom. The number of nitrogens with zero attached hydrogens (tertiary/aromatic N) is 2. The Labute approximate surface area is 127 Å². The molecule has 2 rings (SSSR count). The molecule has 1 aromatic carbocycles. The molecule has 4 nitrogen and oxygen atoms in total. The van der Waals surface area contributed by atoms with Crippen molar-refractivity contribution in [2.24, 2.45) is 5.73 Å². The number of rotatable bonds is 3. The van der Waals surface area contributed by atoms with Crippen molar-refractivity contribution in [2.45, 2.75) is 19.5 Å². The van der Waals surface area contributed by atoms with Gasteiger partial charge >= 0.3 is 0 Å². The van der Waals surface area contributed by atoms with Gasteiger partial charge in [0.25, 0.3) is 0 Å². The smallest absolute Gasteiger partial charge is 0.123 e. The molecule has 1 atom stereocenters. The minimum absolute atomic E-state index is 0.386. The molecule has 1 unspecified atom stereocenters. The molecule has 0 bridgehead atoms. The van der Waals surface area contributed by atoms with Crippen LogP contribution in [-0.2, 0) is 6.54 Å². The molecule has 1 aliphatic rings. The first-order valence-electron chi connectivity index (χ1n) is 7.42. The second-order valence-electron chi connectivity index (χ2n) is 5.60. The summed E-state index contributed by atoms with van der Waals surface area (Å²) in [5, 5.41) is 0. The first-order valence-corrected chi connectivity index (χ1v) is 7.42. The zero-order valence-corrected chi connectivity index (χ0v) is 13.2. The number of piperazine rings is 1. The molecule has 1 fully saturated rings. The normalized spacial score (nSPS) is 19.9. The fraction of sp³-hybridized carbons (Fsp3) is 0.529. The molecule has 0 aromatic heterocycles. The Balaban J connectivity index is 2.13. The van der Waals surface area contributed by atoms with Gasteiger partial charge in [0.2, 0.25) is 0 Å². The molecule has 1 aromatic rings. The fourth-order valence-electron chi connectivity index (χ4n) is 2.64. The number of ether oxygens (including phenoxy) is 1. The van der Waals surface area contributed by atoms with Crippen molar-refractivity contribution in [3.8, 4) is 17.6 Å². The van der Waals surface area contributed by atoms with Crippen molar-refractivity contribution in [1.82, 2.24) is 9.80 Å². The van der Waals surface area contributed by atoms with E-state index in [0.29, 0.717) is 12.6 Å². The number of nitrogens with two attached hydrogens (primary N) is 1. The molecule has 114 valence electrons. The average molecular weight is 287 g/mol. The van der Waals surface area contributed by atoms with E-state index in [9.17, 15) is 0 Å². The van der Waals surface area contributed by atoms with Gasteiger partial charge in [0, 0.05) is 43.3 Å². The van der Waals surface area contributed by atoms with Crippen molar-refractivity contribution in [1.29, 1.82) is 0 Å². The third-order valence-corrected chi connectivity index (χ3v) is 4.05. The largest absolute Gasteiger partial charge is 0.496 e. The van der Waals surface area contributed by atoms with Crippen LogP contribution in [0, 0.1) is 11.8 Å². The maximum Gasteiger partial charge on any atom is 0.123 e. The van der Waals surface area contributed by atoms with Gasteiger partial charge in [0.05, 0.1) is 13.7 Å². The predicted molar refractivity (Wildman–Crippen MR) is 86.3 cm³/mol. The SMILES string of the molecule is COc1ccc(C#CCN)cc1CN1CCN(C)C(C)C1. The molecule has 0 radical (unpaired) electrons. The zero-order chi connectivity index (χ0) is 15.2. The minimum Gasteiger partial charge on any atom is -0.496 e. The summed E-state index contributed by atoms with van der Waals surface area (Å²) in [6.45, 7) is 6.83. The van der Waals surface area contributed by atoms with Gasteiger partial charge in [-0.05, 0) is 32.2 Å². The van der Waals surface area contributed by atoms with E-state index in [4.69, 9.17) is 10.5 Å². The van der Waals surface area contributed by atoms with Crippen LogP contribution in [0.1, 0.15) is 18.1 Å². The second kappa shape index (κ2) is 7.46. The number of likely N-dealkylation sites (N-methyl/N-ethyl adjacent to an activating group) is 1. The van der Waals surface area contributed by atoms with E-state index in [-0.39, 0.29) is 0 Å². The number of hydrogen-bond acceptors (Lipinski definition) is 4. The minimum atomic E-state index is 0.386. The molecule has 21 heavy (non-hydrogen) atoms. The van der Waals surface area contributed by atoms with E-state index in [1.54, 1.807) is 7.11 Å². The summed E-state index contributed by atoms with van der Waals surface area (Å²) in [5.41, 5.74) is 7.63. The summed E-state index contributed by atoms with van der Waals surface area (Å²) in [6, 6.07) is 6.68. The monoisotopic (exact) mass is 287 g/mol. The Bertz CT molecular complexity index is 533. The van der Waals surface area contributed by atoms with Crippen LogP contribution in [0.5, 0.6) is 5.75 Å². The Morgan fingerprint density at radius 3 is 2.86 bits per heavy atom. The molecule has 0 aliphatic carbocycles. The van der Waals surface area contributed by atoms with E-state index in [0.717, 1.165) is 37.5 Å². The van der Waals surface area contributed by atoms with Crippen LogP contribution in [0.25, 0.3) is 0 Å². The highest BCUT2D eigenvalue weighted by Gasteiger charge is 2.21. The summed E-state index contributed by atoms with van der Waals surface area (Å²) in [7, 11) is 3.91. The molecule has 1 saturated heterocycles. The van der Waals surface area contributed by atoms with Gasteiger partial charge in [0.15, 0.2) is 0 Å². The first-order chi connectivity index (χ1) is 10.1. The van der Waals surface area contributed by atoms with E-state index >= 15 is 0 Å². The predicted octanol–water partition coefficient (Wildman–Crippen LogP) is 1.14. The third kappa shape index (κ3) is 4.21. The van der Waals surface area contributed by atoms with Gasteiger partial charge in [0.1, 0.15) is 5.75 Å². The Hall–Kier alpha value is -1.54. The van der Waals surface area contributed by atoms with Crippen LogP contribution < -0.4 is 10.5 Å². The lowest BCUT2D eigenvalue weighted by atomic mass is 10.1. The van der Waals surface area contributed by atoms with Crippen LogP contribution >= 0.6 is 0 Å². The highest BCUT2D eigenvalue weighted by atomic mass is 16.5. The zero-order valence-electron chi connectivity index (χ0n) is 13.2. The lowest BCUT2D eigenvalue weighted by Crippen LogP contribution is -2.49. The molecule has 1 heterocycles. The third-order valence-electron chi connectivity index (χ3n) is 4.05. The van der Waals surface area contributed by atoms with Crippen LogP contribution in [0.3, 0.4) is 0 Å². The van der Waals surface area contributed by atoms with Gasteiger partial charge in [-0.15, -0.1) is 0 Å². The number of benzene rings is 1. The molecule has 4 heteroatoms. The first kappa shape index (κ1) is 15.8. The fourth-order valence-corrected chi connectivity index (χ4v) is 2.64. The van der Waals surface area contributed by atoms with E-state index in [1.807, 2.05) is 12.1 Å². The molecule has 0 amide bonds. The molecule has 1 aliphatic heterocycles. The van der Waals surface area contributed by atoms with Gasteiger partial charge in [-0.2, -0.15) is 0 Å². The standard InChI is InChI=1S/C17H25N3O/c1-14-12-20(10-9-19(14)2)13-16-11-15(5-4-8-18)6-7-17(16)21-3/h6-7,11,14H,8-10,12-13,18H2,1-3H3. The van der Waals surface area contributed by atoms with E-state index in [1.165, 1.54) is 5.56 Å². The van der Waals surface area contributed by atoms with Gasteiger partial charge in [-0.1, -0.05) is 11.8 Å². The van der Waals surface area contributed by atoms with Crippen molar-refractivity contribution in [2.75, 3.05) is 40.3 Å². The van der Waals surface area contributed by atoms with Gasteiger partial charge in [-0.3, -0.25) is 4.90 Å². The molecular weight excluding hydrogens is 262 g/mol. The number of hydrogen-bond donors (Lipinski definition) is 1. The van der Waals surface area contributed by atoms with E-state index in [2.05, 4.69) is 41.7 Å². The highest BCUT2D eigenvalue weighted by Crippen LogP contribution is 2.22. The lowest BCUT2D eigenvalue weighted by molar-refractivity contribution is 0.0993. The number of methoxy groups -OCH3 is 1. The van der Waals surface area contributed by atoms with Crippen molar-refractivity contribution in [3.63, 3.8) is 0 Å². The van der Waals surface area contributed by atoms with Crippen LogP contribution in [0.4, 0.5) is 0 Å². The summed E-state index contributed by atoms with van der Waals surface area (Å²) in [6.07, 6.45) is 0. The van der Waals surface area contributed by atoms with Crippen molar-refractivity contribution >= 4 is 0 Å². The molecule has 0 saturated carbocycles. The summed E-state index contributed by atoms with van der Waals surface area (Å²) in [5.74, 6) is 6.92. The quantitative estimate of drug-likeness (QED) is 0.847.